The predicted molar refractivity (Wildman–Crippen MR) is 76.9 cm³/mol. The van der Waals surface area contributed by atoms with Crippen molar-refractivity contribution < 1.29 is 9.90 Å². The Balaban J connectivity index is 1.72. The number of fused-ring (bicyclic) bond motifs is 1. The lowest BCUT2D eigenvalue weighted by molar-refractivity contribution is -0.127. The highest BCUT2D eigenvalue weighted by Crippen LogP contribution is 2.25. The van der Waals surface area contributed by atoms with E-state index in [0.717, 1.165) is 35.7 Å². The van der Waals surface area contributed by atoms with Crippen LogP contribution in [0.3, 0.4) is 0 Å². The molecule has 4 nitrogen and oxygen atoms in total. The second-order valence-electron chi connectivity index (χ2n) is 5.31. The minimum Gasteiger partial charge on any atom is -0.392 e. The quantitative estimate of drug-likeness (QED) is 0.897. The predicted octanol–water partition coefficient (Wildman–Crippen LogP) is 2.01. The van der Waals surface area contributed by atoms with Gasteiger partial charge in [-0.1, -0.05) is 18.2 Å². The van der Waals surface area contributed by atoms with Gasteiger partial charge in [-0.25, -0.2) is 0 Å². The van der Waals surface area contributed by atoms with Crippen molar-refractivity contribution in [2.75, 3.05) is 0 Å². The molecule has 0 radical (unpaired) electrons. The summed E-state index contributed by atoms with van der Waals surface area (Å²) in [5.74, 6) is -0.293. The number of carbonyl (C=O) groups is 1. The van der Waals surface area contributed by atoms with Crippen molar-refractivity contribution in [2.45, 2.75) is 31.9 Å². The second-order valence-corrected chi connectivity index (χ2v) is 5.31. The zero-order chi connectivity index (χ0) is 13.9. The Kier molecular flexibility index (Phi) is 3.65. The van der Waals surface area contributed by atoms with Gasteiger partial charge in [0.1, 0.15) is 0 Å². The molecule has 0 saturated heterocycles. The molecule has 1 saturated carbocycles. The van der Waals surface area contributed by atoms with Crippen molar-refractivity contribution in [1.29, 1.82) is 0 Å². The molecule has 1 amide bonds. The van der Waals surface area contributed by atoms with Gasteiger partial charge in [0.05, 0.1) is 17.5 Å². The van der Waals surface area contributed by atoms with Crippen LogP contribution in [0.15, 0.2) is 36.5 Å². The molecular formula is C16H18N2O2. The third-order valence-electron chi connectivity index (χ3n) is 4.01. The van der Waals surface area contributed by atoms with Crippen LogP contribution in [0.1, 0.15) is 24.8 Å². The largest absolute Gasteiger partial charge is 0.392 e. The van der Waals surface area contributed by atoms with E-state index in [4.69, 9.17) is 0 Å². The fourth-order valence-electron chi connectivity index (χ4n) is 2.87. The highest BCUT2D eigenvalue weighted by atomic mass is 16.3. The van der Waals surface area contributed by atoms with Crippen molar-refractivity contribution in [3.05, 3.63) is 42.1 Å². The van der Waals surface area contributed by atoms with Crippen LogP contribution in [0.4, 0.5) is 0 Å². The van der Waals surface area contributed by atoms with E-state index in [1.807, 2.05) is 30.3 Å². The number of carbonyl (C=O) groups excluding carboxylic acids is 1. The van der Waals surface area contributed by atoms with Gasteiger partial charge in [-0.05, 0) is 37.0 Å². The molecule has 0 aliphatic heterocycles. The minimum absolute atomic E-state index is 0.0455. The molecule has 1 aliphatic carbocycles. The lowest BCUT2D eigenvalue weighted by atomic mass is 10.0. The molecule has 0 bridgehead atoms. The maximum absolute atomic E-state index is 12.1. The van der Waals surface area contributed by atoms with E-state index in [2.05, 4.69) is 10.3 Å². The summed E-state index contributed by atoms with van der Waals surface area (Å²) >= 11 is 0. The summed E-state index contributed by atoms with van der Waals surface area (Å²) in [5, 5.41) is 13.8. The van der Waals surface area contributed by atoms with Gasteiger partial charge in [0, 0.05) is 18.1 Å². The third kappa shape index (κ3) is 2.51. The summed E-state index contributed by atoms with van der Waals surface area (Å²) in [6.07, 6.45) is 3.72. The molecule has 1 fully saturated rings. The summed E-state index contributed by atoms with van der Waals surface area (Å²) < 4.78 is 0. The number of nitrogens with zero attached hydrogens (tertiary/aromatic N) is 1. The maximum Gasteiger partial charge on any atom is 0.225 e. The highest BCUT2D eigenvalue weighted by molar-refractivity contribution is 5.83. The topological polar surface area (TPSA) is 62.2 Å². The smallest absolute Gasteiger partial charge is 0.225 e. The van der Waals surface area contributed by atoms with Gasteiger partial charge in [0.15, 0.2) is 0 Å². The van der Waals surface area contributed by atoms with E-state index in [1.54, 1.807) is 6.20 Å². The number of nitrogens with one attached hydrogen (secondary N) is 1. The van der Waals surface area contributed by atoms with E-state index in [-0.39, 0.29) is 11.8 Å². The van der Waals surface area contributed by atoms with E-state index in [9.17, 15) is 9.90 Å². The highest BCUT2D eigenvalue weighted by Gasteiger charge is 2.31. The van der Waals surface area contributed by atoms with Crippen molar-refractivity contribution in [1.82, 2.24) is 10.3 Å². The number of hydrogen-bond acceptors (Lipinski definition) is 3. The SMILES string of the molecule is O=C(NCc1ccnc2ccccc12)C1CCCC1O. The van der Waals surface area contributed by atoms with Crippen LogP contribution in [0.2, 0.25) is 0 Å². The van der Waals surface area contributed by atoms with Crippen LogP contribution in [0.5, 0.6) is 0 Å². The van der Waals surface area contributed by atoms with E-state index in [0.29, 0.717) is 6.54 Å². The number of aliphatic hydroxyl groups is 1. The van der Waals surface area contributed by atoms with Crippen LogP contribution in [-0.2, 0) is 11.3 Å². The summed E-state index contributed by atoms with van der Waals surface area (Å²) in [6, 6.07) is 9.81. The third-order valence-corrected chi connectivity index (χ3v) is 4.01. The van der Waals surface area contributed by atoms with Gasteiger partial charge in [-0.2, -0.15) is 0 Å². The van der Waals surface area contributed by atoms with Crippen molar-refractivity contribution in [3.63, 3.8) is 0 Å². The Bertz CT molecular complexity index is 621. The summed E-state index contributed by atoms with van der Waals surface area (Å²) in [6.45, 7) is 0.477. The number of amides is 1. The van der Waals surface area contributed by atoms with Crippen LogP contribution < -0.4 is 5.32 Å². The maximum atomic E-state index is 12.1. The molecule has 1 heterocycles. The lowest BCUT2D eigenvalue weighted by Gasteiger charge is -2.15. The first-order valence-electron chi connectivity index (χ1n) is 7.04. The van der Waals surface area contributed by atoms with Gasteiger partial charge >= 0.3 is 0 Å². The molecule has 2 unspecified atom stereocenters. The van der Waals surface area contributed by atoms with Crippen LogP contribution in [0, 0.1) is 5.92 Å². The lowest BCUT2D eigenvalue weighted by Crippen LogP contribution is -2.34. The van der Waals surface area contributed by atoms with E-state index in [1.165, 1.54) is 0 Å². The standard InChI is InChI=1S/C16H18N2O2/c19-15-7-3-5-13(15)16(20)18-10-11-8-9-17-14-6-2-1-4-12(11)14/h1-2,4,6,8-9,13,15,19H,3,5,7,10H2,(H,18,20). The first-order valence-corrected chi connectivity index (χ1v) is 7.04. The Hall–Kier alpha value is -1.94. The van der Waals surface area contributed by atoms with Crippen LogP contribution in [-0.4, -0.2) is 22.1 Å². The van der Waals surface area contributed by atoms with Gasteiger partial charge in [-0.3, -0.25) is 9.78 Å². The Morgan fingerprint density at radius 1 is 1.30 bits per heavy atom. The molecule has 4 heteroatoms. The monoisotopic (exact) mass is 270 g/mol. The van der Waals surface area contributed by atoms with E-state index >= 15 is 0 Å². The molecule has 3 rings (SSSR count). The zero-order valence-corrected chi connectivity index (χ0v) is 11.2. The molecule has 20 heavy (non-hydrogen) atoms. The summed E-state index contributed by atoms with van der Waals surface area (Å²) in [5.41, 5.74) is 1.98. The van der Waals surface area contributed by atoms with Gasteiger partial charge < -0.3 is 10.4 Å². The number of benzene rings is 1. The van der Waals surface area contributed by atoms with Crippen molar-refractivity contribution in [2.24, 2.45) is 5.92 Å². The molecule has 104 valence electrons. The Labute approximate surface area is 117 Å². The number of hydrogen-bond donors (Lipinski definition) is 2. The number of aromatic nitrogens is 1. The molecular weight excluding hydrogens is 252 g/mol. The molecule has 2 aromatic rings. The Morgan fingerprint density at radius 2 is 2.15 bits per heavy atom. The molecule has 1 aliphatic rings. The van der Waals surface area contributed by atoms with Crippen LogP contribution in [0.25, 0.3) is 10.9 Å². The average molecular weight is 270 g/mol. The molecule has 2 N–H and O–H groups in total. The summed E-state index contributed by atoms with van der Waals surface area (Å²) in [7, 11) is 0. The van der Waals surface area contributed by atoms with Gasteiger partial charge in [0.2, 0.25) is 5.91 Å². The fourth-order valence-corrected chi connectivity index (χ4v) is 2.87. The Morgan fingerprint density at radius 3 is 2.95 bits per heavy atom. The van der Waals surface area contributed by atoms with Crippen molar-refractivity contribution >= 4 is 16.8 Å². The first-order chi connectivity index (χ1) is 9.75. The molecule has 2 atom stereocenters. The number of para-hydroxylation sites is 1. The van der Waals surface area contributed by atoms with E-state index < -0.39 is 6.10 Å². The number of pyridine rings is 1. The normalized spacial score (nSPS) is 22.1. The van der Waals surface area contributed by atoms with Gasteiger partial charge in [0.25, 0.3) is 0 Å². The number of rotatable bonds is 3. The molecule has 1 aromatic carbocycles. The zero-order valence-electron chi connectivity index (χ0n) is 11.2. The van der Waals surface area contributed by atoms with Crippen LogP contribution >= 0.6 is 0 Å². The minimum atomic E-state index is -0.482. The number of aliphatic hydroxyl groups excluding tert-OH is 1. The average Bonchev–Trinajstić information content (AvgIpc) is 2.91. The van der Waals surface area contributed by atoms with Gasteiger partial charge in [-0.15, -0.1) is 0 Å². The summed E-state index contributed by atoms with van der Waals surface area (Å²) in [4.78, 5) is 16.4. The second kappa shape index (κ2) is 5.59. The fraction of sp³-hybridized carbons (Fsp3) is 0.375. The molecule has 0 spiro atoms. The molecule has 1 aromatic heterocycles. The van der Waals surface area contributed by atoms with Crippen molar-refractivity contribution in [3.8, 4) is 0 Å². The first kappa shape index (κ1) is 13.1.